The topological polar surface area (TPSA) is 118 Å². The third kappa shape index (κ3) is 6.60. The lowest BCUT2D eigenvalue weighted by atomic mass is 9.94. The van der Waals surface area contributed by atoms with E-state index in [1.54, 1.807) is 4.90 Å². The minimum absolute atomic E-state index is 0.0751. The number of carbonyl (C=O) groups is 3. The number of aliphatic hydroxyl groups is 1. The molecule has 0 bridgehead atoms. The Morgan fingerprint density at radius 1 is 0.821 bits per heavy atom. The summed E-state index contributed by atoms with van der Waals surface area (Å²) in [7, 11) is 0. The first-order valence-corrected chi connectivity index (χ1v) is 12.9. The molecular formula is C31H32N2O6. The molecule has 1 unspecified atom stereocenters. The maximum Gasteiger partial charge on any atom is 0.414 e. The van der Waals surface area contributed by atoms with Crippen molar-refractivity contribution in [1.82, 2.24) is 9.80 Å². The van der Waals surface area contributed by atoms with Gasteiger partial charge in [-0.1, -0.05) is 84.9 Å². The van der Waals surface area contributed by atoms with Crippen LogP contribution in [0.4, 0.5) is 0 Å². The van der Waals surface area contributed by atoms with Gasteiger partial charge in [-0.25, -0.2) is 9.59 Å². The zero-order valence-corrected chi connectivity index (χ0v) is 21.6. The third-order valence-electron chi connectivity index (χ3n) is 7.05. The summed E-state index contributed by atoms with van der Waals surface area (Å²) in [5.74, 6) is -3.72. The fourth-order valence-corrected chi connectivity index (χ4v) is 5.12. The molecule has 8 nitrogen and oxygen atoms in total. The van der Waals surface area contributed by atoms with Crippen LogP contribution in [0, 0.1) is 0 Å². The van der Waals surface area contributed by atoms with Crippen molar-refractivity contribution in [3.63, 3.8) is 0 Å². The quantitative estimate of drug-likeness (QED) is 0.399. The maximum absolute atomic E-state index is 13.2. The molecule has 1 amide bonds. The molecule has 0 fully saturated rings. The fourth-order valence-electron chi connectivity index (χ4n) is 5.12. The highest BCUT2D eigenvalue weighted by atomic mass is 16.4. The van der Waals surface area contributed by atoms with E-state index >= 15 is 0 Å². The number of benzene rings is 3. The monoisotopic (exact) mass is 528 g/mol. The summed E-state index contributed by atoms with van der Waals surface area (Å²) in [6.45, 7) is 3.37. The first kappa shape index (κ1) is 27.8. The Balaban J connectivity index is 0.000000531. The number of aliphatic carboxylic acids is 2. The Hall–Kier alpha value is -4.27. The molecule has 0 saturated heterocycles. The Kier molecular flexibility index (Phi) is 8.91. The summed E-state index contributed by atoms with van der Waals surface area (Å²) in [4.78, 5) is 35.5. The van der Waals surface area contributed by atoms with Crippen molar-refractivity contribution in [2.45, 2.75) is 25.0 Å². The number of nitrogens with zero attached hydrogens (tertiary/aromatic N) is 2. The van der Waals surface area contributed by atoms with Crippen molar-refractivity contribution in [3.8, 4) is 0 Å². The van der Waals surface area contributed by atoms with Crippen LogP contribution in [0.15, 0.2) is 91.0 Å². The van der Waals surface area contributed by atoms with Gasteiger partial charge in [0, 0.05) is 43.7 Å². The molecule has 2 heterocycles. The van der Waals surface area contributed by atoms with Crippen LogP contribution in [0.25, 0.3) is 5.57 Å². The molecule has 0 aromatic heterocycles. The van der Waals surface area contributed by atoms with Gasteiger partial charge < -0.3 is 20.2 Å². The lowest BCUT2D eigenvalue weighted by Crippen LogP contribution is -2.46. The molecule has 2 aliphatic heterocycles. The van der Waals surface area contributed by atoms with Gasteiger partial charge in [-0.15, -0.1) is 0 Å². The molecule has 2 aliphatic rings. The van der Waals surface area contributed by atoms with Gasteiger partial charge >= 0.3 is 11.9 Å². The lowest BCUT2D eigenvalue weighted by Gasteiger charge is -2.35. The van der Waals surface area contributed by atoms with E-state index in [9.17, 15) is 9.90 Å². The molecule has 202 valence electrons. The smallest absolute Gasteiger partial charge is 0.414 e. The highest BCUT2D eigenvalue weighted by molar-refractivity contribution is 6.27. The number of carboxylic acid groups (broad SMARTS) is 2. The number of carbonyl (C=O) groups excluding carboxylic acids is 1. The van der Waals surface area contributed by atoms with Crippen molar-refractivity contribution in [3.05, 3.63) is 113 Å². The second-order valence-corrected chi connectivity index (χ2v) is 9.59. The summed E-state index contributed by atoms with van der Waals surface area (Å²) >= 11 is 0. The van der Waals surface area contributed by atoms with E-state index in [-0.39, 0.29) is 5.91 Å². The molecule has 5 rings (SSSR count). The maximum atomic E-state index is 13.2. The molecule has 3 aromatic carbocycles. The van der Waals surface area contributed by atoms with E-state index in [4.69, 9.17) is 19.8 Å². The van der Waals surface area contributed by atoms with Crippen LogP contribution >= 0.6 is 0 Å². The van der Waals surface area contributed by atoms with Crippen LogP contribution in [0.2, 0.25) is 0 Å². The molecule has 3 N–H and O–H groups in total. The van der Waals surface area contributed by atoms with Gasteiger partial charge in [-0.2, -0.15) is 0 Å². The second kappa shape index (κ2) is 12.5. The van der Waals surface area contributed by atoms with Crippen molar-refractivity contribution in [2.24, 2.45) is 0 Å². The number of fused-ring (bicyclic) bond motifs is 1. The molecule has 0 radical (unpaired) electrons. The first-order chi connectivity index (χ1) is 18.8. The summed E-state index contributed by atoms with van der Waals surface area (Å²) in [6.07, 6.45) is 4.58. The summed E-state index contributed by atoms with van der Waals surface area (Å²) in [5.41, 5.74) is 3.76. The average molecular weight is 529 g/mol. The Labute approximate surface area is 227 Å². The van der Waals surface area contributed by atoms with Crippen molar-refractivity contribution < 1.29 is 29.7 Å². The van der Waals surface area contributed by atoms with Crippen LogP contribution in [-0.2, 0) is 21.7 Å². The van der Waals surface area contributed by atoms with E-state index in [1.807, 2.05) is 54.6 Å². The van der Waals surface area contributed by atoms with Crippen molar-refractivity contribution in [2.75, 3.05) is 26.2 Å². The zero-order valence-electron chi connectivity index (χ0n) is 21.6. The van der Waals surface area contributed by atoms with Crippen LogP contribution < -0.4 is 0 Å². The number of hydrogen-bond donors (Lipinski definition) is 3. The Bertz CT molecular complexity index is 1330. The van der Waals surface area contributed by atoms with Gasteiger partial charge in [-0.05, 0) is 35.6 Å². The SMILES string of the molecule is O=C(O)C(=O)O.O=C1c2ccccc2C(O)(Cc2ccccc2)N1CCCN1CC=C(c2ccccc2)CC1. The summed E-state index contributed by atoms with van der Waals surface area (Å²) < 4.78 is 0. The number of carboxylic acids is 2. The molecule has 8 heteroatoms. The minimum atomic E-state index is -1.82. The largest absolute Gasteiger partial charge is 0.473 e. The second-order valence-electron chi connectivity index (χ2n) is 9.59. The molecule has 3 aromatic rings. The standard InChI is InChI=1S/C29H30N2O2.C2H2O4/c32-28-26-14-7-8-15-27(26)29(33,22-23-10-3-1-4-11-23)31(28)19-9-18-30-20-16-25(17-21-30)24-12-5-2-6-13-24;3-1(4)2(5)6/h1-8,10-16,33H,9,17-22H2;(H,3,4)(H,5,6). The van der Waals surface area contributed by atoms with Crippen LogP contribution in [0.3, 0.4) is 0 Å². The Morgan fingerprint density at radius 3 is 2.05 bits per heavy atom. The molecular weight excluding hydrogens is 496 g/mol. The van der Waals surface area contributed by atoms with E-state index in [2.05, 4.69) is 41.3 Å². The van der Waals surface area contributed by atoms with E-state index in [1.165, 1.54) is 11.1 Å². The van der Waals surface area contributed by atoms with Gasteiger partial charge in [0.15, 0.2) is 5.72 Å². The van der Waals surface area contributed by atoms with Crippen LogP contribution in [-0.4, -0.2) is 69.1 Å². The minimum Gasteiger partial charge on any atom is -0.473 e. The lowest BCUT2D eigenvalue weighted by molar-refractivity contribution is -0.159. The molecule has 1 atom stereocenters. The normalized spacial score (nSPS) is 18.5. The third-order valence-corrected chi connectivity index (χ3v) is 7.05. The number of amides is 1. The van der Waals surface area contributed by atoms with Gasteiger partial charge in [0.25, 0.3) is 5.91 Å². The highest BCUT2D eigenvalue weighted by Crippen LogP contribution is 2.39. The average Bonchev–Trinajstić information content (AvgIpc) is 3.16. The van der Waals surface area contributed by atoms with E-state index in [0.29, 0.717) is 24.1 Å². The van der Waals surface area contributed by atoms with Crippen molar-refractivity contribution >= 4 is 23.4 Å². The molecule has 39 heavy (non-hydrogen) atoms. The van der Waals surface area contributed by atoms with Crippen LogP contribution in [0.1, 0.15) is 39.9 Å². The number of rotatable bonds is 7. The zero-order chi connectivity index (χ0) is 27.8. The highest BCUT2D eigenvalue weighted by Gasteiger charge is 2.47. The van der Waals surface area contributed by atoms with Crippen LogP contribution in [0.5, 0.6) is 0 Å². The van der Waals surface area contributed by atoms with Gasteiger partial charge in [0.1, 0.15) is 0 Å². The summed E-state index contributed by atoms with van der Waals surface area (Å²) in [6, 6.07) is 28.0. The predicted octanol–water partition coefficient (Wildman–Crippen LogP) is 3.87. The molecule has 0 saturated carbocycles. The van der Waals surface area contributed by atoms with Crippen molar-refractivity contribution in [1.29, 1.82) is 0 Å². The molecule has 0 aliphatic carbocycles. The summed E-state index contributed by atoms with van der Waals surface area (Å²) in [5, 5.41) is 26.6. The molecule has 0 spiro atoms. The van der Waals surface area contributed by atoms with Gasteiger partial charge in [-0.3, -0.25) is 9.69 Å². The Morgan fingerprint density at radius 2 is 1.44 bits per heavy atom. The number of hydrogen-bond acceptors (Lipinski definition) is 5. The van der Waals surface area contributed by atoms with E-state index in [0.717, 1.165) is 38.0 Å². The first-order valence-electron chi connectivity index (χ1n) is 12.9. The van der Waals surface area contributed by atoms with Gasteiger partial charge in [0.05, 0.1) is 0 Å². The fraction of sp³-hybridized carbons (Fsp3) is 0.258. The predicted molar refractivity (Wildman–Crippen MR) is 147 cm³/mol. The van der Waals surface area contributed by atoms with Gasteiger partial charge in [0.2, 0.25) is 0 Å². The van der Waals surface area contributed by atoms with E-state index < -0.39 is 17.7 Å².